The molecule has 1 aliphatic carbocycles. The van der Waals surface area contributed by atoms with Crippen molar-refractivity contribution in [1.29, 1.82) is 0 Å². The maximum atomic E-state index is 13.8. The molecule has 2 aliphatic rings. The smallest absolute Gasteiger partial charge is 0.294 e. The lowest BCUT2D eigenvalue weighted by molar-refractivity contribution is -0.116. The molecule has 0 saturated carbocycles. The van der Waals surface area contributed by atoms with Gasteiger partial charge in [0.25, 0.3) is 5.91 Å². The Kier molecular flexibility index (Phi) is 4.82. The van der Waals surface area contributed by atoms with Crippen LogP contribution < -0.4 is 15.0 Å². The Morgan fingerprint density at radius 1 is 1.06 bits per heavy atom. The van der Waals surface area contributed by atoms with Crippen LogP contribution in [-0.2, 0) is 4.79 Å². The molecule has 5 rings (SSSR count). The second-order valence-electron chi connectivity index (χ2n) is 7.61. The van der Waals surface area contributed by atoms with Gasteiger partial charge in [-0.15, -0.1) is 0 Å². The first kappa shape index (κ1) is 19.2. The van der Waals surface area contributed by atoms with E-state index in [9.17, 15) is 9.59 Å². The Labute approximate surface area is 180 Å². The molecule has 156 valence electrons. The van der Waals surface area contributed by atoms with Crippen LogP contribution in [0.25, 0.3) is 0 Å². The first-order valence-electron chi connectivity index (χ1n) is 10.3. The Bertz CT molecular complexity index is 1180. The van der Waals surface area contributed by atoms with Crippen molar-refractivity contribution in [2.75, 3.05) is 17.3 Å². The molecule has 1 amide bonds. The monoisotopic (exact) mass is 414 g/mol. The van der Waals surface area contributed by atoms with Crippen LogP contribution in [0.4, 0.5) is 11.4 Å². The minimum Gasteiger partial charge on any atom is -0.496 e. The Hall–Kier alpha value is -3.80. The van der Waals surface area contributed by atoms with E-state index in [2.05, 4.69) is 5.32 Å². The van der Waals surface area contributed by atoms with Gasteiger partial charge in [-0.1, -0.05) is 30.3 Å². The molecule has 2 aromatic carbocycles. The van der Waals surface area contributed by atoms with Gasteiger partial charge in [-0.3, -0.25) is 14.5 Å². The molecule has 1 aromatic heterocycles. The van der Waals surface area contributed by atoms with E-state index in [1.807, 2.05) is 48.5 Å². The topological polar surface area (TPSA) is 71.8 Å². The zero-order valence-electron chi connectivity index (χ0n) is 17.1. The number of allylic oxidation sites excluding steroid dienone is 1. The van der Waals surface area contributed by atoms with E-state index >= 15 is 0 Å². The largest absolute Gasteiger partial charge is 0.496 e. The molecule has 0 radical (unpaired) electrons. The Morgan fingerprint density at radius 3 is 2.68 bits per heavy atom. The summed E-state index contributed by atoms with van der Waals surface area (Å²) in [6.45, 7) is 0. The molecule has 0 spiro atoms. The second kappa shape index (κ2) is 7.80. The normalized spacial score (nSPS) is 18.0. The summed E-state index contributed by atoms with van der Waals surface area (Å²) in [5.74, 6) is 0.549. The van der Waals surface area contributed by atoms with E-state index < -0.39 is 6.04 Å². The first-order chi connectivity index (χ1) is 15.2. The van der Waals surface area contributed by atoms with Crippen LogP contribution in [0.3, 0.4) is 0 Å². The number of nitrogens with zero attached hydrogens (tertiary/aromatic N) is 1. The number of hydrogen-bond donors (Lipinski definition) is 1. The molecular formula is C25H22N2O4. The molecule has 1 atom stereocenters. The number of amides is 1. The Balaban J connectivity index is 1.82. The number of ether oxygens (including phenoxy) is 1. The van der Waals surface area contributed by atoms with Crippen molar-refractivity contribution in [3.05, 3.63) is 89.5 Å². The number of fused-ring (bicyclic) bond motifs is 1. The highest BCUT2D eigenvalue weighted by molar-refractivity contribution is 6.10. The fourth-order valence-corrected chi connectivity index (χ4v) is 4.46. The quantitative estimate of drug-likeness (QED) is 0.645. The summed E-state index contributed by atoms with van der Waals surface area (Å²) < 4.78 is 11.1. The third-order valence-corrected chi connectivity index (χ3v) is 5.82. The molecule has 0 unspecified atom stereocenters. The number of Topliss-reactive ketones (excluding diaryl/α,β-unsaturated/α-hetero) is 1. The molecule has 2 heterocycles. The highest BCUT2D eigenvalue weighted by atomic mass is 16.5. The summed E-state index contributed by atoms with van der Waals surface area (Å²) in [6, 6.07) is 17.8. The summed E-state index contributed by atoms with van der Waals surface area (Å²) in [5.41, 5.74) is 3.68. The lowest BCUT2D eigenvalue weighted by Crippen LogP contribution is -2.38. The number of anilines is 2. The maximum absolute atomic E-state index is 13.8. The van der Waals surface area contributed by atoms with Crippen LogP contribution in [0, 0.1) is 0 Å². The molecule has 0 fully saturated rings. The number of nitrogens with one attached hydrogen (secondary N) is 1. The fourth-order valence-electron chi connectivity index (χ4n) is 4.46. The number of furan rings is 1. The van der Waals surface area contributed by atoms with Crippen molar-refractivity contribution in [2.45, 2.75) is 25.3 Å². The number of para-hydroxylation sites is 3. The first-order valence-corrected chi connectivity index (χ1v) is 10.3. The van der Waals surface area contributed by atoms with E-state index in [0.29, 0.717) is 23.4 Å². The van der Waals surface area contributed by atoms with Gasteiger partial charge in [0.1, 0.15) is 5.75 Å². The third-order valence-electron chi connectivity index (χ3n) is 5.82. The van der Waals surface area contributed by atoms with Gasteiger partial charge in [0.05, 0.1) is 30.8 Å². The van der Waals surface area contributed by atoms with Gasteiger partial charge >= 0.3 is 0 Å². The lowest BCUT2D eigenvalue weighted by Gasteiger charge is -2.34. The summed E-state index contributed by atoms with van der Waals surface area (Å²) in [4.78, 5) is 28.7. The molecule has 0 saturated heterocycles. The third kappa shape index (κ3) is 3.20. The number of carbonyl (C=O) groups is 2. The van der Waals surface area contributed by atoms with Crippen molar-refractivity contribution >= 4 is 23.1 Å². The Morgan fingerprint density at radius 2 is 1.87 bits per heavy atom. The minimum absolute atomic E-state index is 0.0368. The molecule has 0 bridgehead atoms. The van der Waals surface area contributed by atoms with Gasteiger partial charge in [-0.05, 0) is 43.2 Å². The number of carbonyl (C=O) groups excluding carboxylic acids is 2. The van der Waals surface area contributed by atoms with Crippen LogP contribution in [0.1, 0.15) is 41.4 Å². The van der Waals surface area contributed by atoms with E-state index in [4.69, 9.17) is 9.15 Å². The minimum atomic E-state index is -0.646. The van der Waals surface area contributed by atoms with Crippen molar-refractivity contribution < 1.29 is 18.7 Å². The molecular weight excluding hydrogens is 392 g/mol. The summed E-state index contributed by atoms with van der Waals surface area (Å²) in [7, 11) is 1.60. The van der Waals surface area contributed by atoms with Crippen LogP contribution >= 0.6 is 0 Å². The predicted octanol–water partition coefficient (Wildman–Crippen LogP) is 5.11. The summed E-state index contributed by atoms with van der Waals surface area (Å²) in [5, 5.41) is 3.45. The van der Waals surface area contributed by atoms with Crippen molar-refractivity contribution in [3.63, 3.8) is 0 Å². The van der Waals surface area contributed by atoms with Crippen molar-refractivity contribution in [3.8, 4) is 5.75 Å². The van der Waals surface area contributed by atoms with Gasteiger partial charge in [0, 0.05) is 23.3 Å². The number of hydrogen-bond acceptors (Lipinski definition) is 5. The molecule has 6 heteroatoms. The average molecular weight is 414 g/mol. The van der Waals surface area contributed by atoms with Gasteiger partial charge in [-0.25, -0.2) is 0 Å². The highest BCUT2D eigenvalue weighted by Crippen LogP contribution is 2.47. The molecule has 1 N–H and O–H groups in total. The second-order valence-corrected chi connectivity index (χ2v) is 7.61. The molecule has 1 aliphatic heterocycles. The molecule has 3 aromatic rings. The van der Waals surface area contributed by atoms with Gasteiger partial charge in [-0.2, -0.15) is 0 Å². The average Bonchev–Trinajstić information content (AvgIpc) is 3.29. The predicted molar refractivity (Wildman–Crippen MR) is 117 cm³/mol. The van der Waals surface area contributed by atoms with E-state index in [0.717, 1.165) is 29.8 Å². The van der Waals surface area contributed by atoms with Crippen LogP contribution in [-0.4, -0.2) is 18.8 Å². The standard InChI is InChI=1S/C25H22N2O4/c1-30-21-13-5-2-8-16(21)24-23-18(10-6-12-20(23)28)26-17-9-3-4-11-19(17)27(24)25(29)22-14-7-15-31-22/h2-5,7-9,11,13-15,24,26H,6,10,12H2,1H3/t24-/m1/s1. The van der Waals surface area contributed by atoms with Crippen LogP contribution in [0.5, 0.6) is 5.75 Å². The SMILES string of the molecule is COc1ccccc1[C@@H]1C2=C(CCCC2=O)Nc2ccccc2N1C(=O)c1ccco1. The zero-order chi connectivity index (χ0) is 21.4. The molecule has 31 heavy (non-hydrogen) atoms. The number of rotatable bonds is 3. The summed E-state index contributed by atoms with van der Waals surface area (Å²) in [6.07, 6.45) is 3.44. The van der Waals surface area contributed by atoms with Crippen molar-refractivity contribution in [2.24, 2.45) is 0 Å². The van der Waals surface area contributed by atoms with Crippen molar-refractivity contribution in [1.82, 2.24) is 0 Å². The van der Waals surface area contributed by atoms with Crippen LogP contribution in [0.2, 0.25) is 0 Å². The maximum Gasteiger partial charge on any atom is 0.294 e. The number of methoxy groups -OCH3 is 1. The van der Waals surface area contributed by atoms with Gasteiger partial charge in [0.2, 0.25) is 0 Å². The number of ketones is 1. The van der Waals surface area contributed by atoms with E-state index in [1.165, 1.54) is 6.26 Å². The highest BCUT2D eigenvalue weighted by Gasteiger charge is 2.41. The lowest BCUT2D eigenvalue weighted by atomic mass is 9.85. The van der Waals surface area contributed by atoms with E-state index in [-0.39, 0.29) is 17.5 Å². The van der Waals surface area contributed by atoms with Gasteiger partial charge in [0.15, 0.2) is 11.5 Å². The fraction of sp³-hybridized carbons (Fsp3) is 0.200. The van der Waals surface area contributed by atoms with E-state index in [1.54, 1.807) is 24.1 Å². The molecule has 6 nitrogen and oxygen atoms in total. The van der Waals surface area contributed by atoms with Gasteiger partial charge < -0.3 is 14.5 Å². The number of benzene rings is 2. The summed E-state index contributed by atoms with van der Waals surface area (Å²) >= 11 is 0. The zero-order valence-corrected chi connectivity index (χ0v) is 17.1. The van der Waals surface area contributed by atoms with Crippen LogP contribution in [0.15, 0.2) is 82.6 Å².